The van der Waals surface area contributed by atoms with Crippen molar-refractivity contribution in [1.29, 1.82) is 0 Å². The topological polar surface area (TPSA) is 13.1 Å². The lowest BCUT2D eigenvalue weighted by atomic mass is 9.89. The van der Waals surface area contributed by atoms with Gasteiger partial charge in [0.05, 0.1) is 0 Å². The van der Waals surface area contributed by atoms with Gasteiger partial charge in [-0.2, -0.15) is 0 Å². The third kappa shape index (κ3) is 1.75. The first-order valence-electron chi connectivity index (χ1n) is 3.36. The highest BCUT2D eigenvalue weighted by atomic mass is 127. The van der Waals surface area contributed by atoms with E-state index in [-0.39, 0.29) is 11.2 Å². The minimum absolute atomic E-state index is 0.173. The maximum Gasteiger partial charge on any atom is 0.170 e. The van der Waals surface area contributed by atoms with Crippen LogP contribution >= 0.6 is 22.6 Å². The van der Waals surface area contributed by atoms with Crippen molar-refractivity contribution in [2.75, 3.05) is 0 Å². The molecule has 0 aromatic carbocycles. The van der Waals surface area contributed by atoms with Crippen molar-refractivity contribution in [2.45, 2.75) is 26.2 Å². The Balaban J connectivity index is 3.21. The summed E-state index contributed by atoms with van der Waals surface area (Å²) in [5.74, 6) is -0.248. The zero-order chi connectivity index (χ0) is 8.65. The molecule has 3 heteroatoms. The van der Waals surface area contributed by atoms with Gasteiger partial charge in [-0.15, -0.1) is 0 Å². The first kappa shape index (κ1) is 9.03. The molecular formula is C8H10FIO. The molecule has 0 fully saturated rings. The Morgan fingerprint density at radius 3 is 2.18 bits per heavy atom. The predicted octanol–water partition coefficient (Wildman–Crippen LogP) is 3.32. The smallest absolute Gasteiger partial charge is 0.170 e. The summed E-state index contributed by atoms with van der Waals surface area (Å²) in [7, 11) is 0. The van der Waals surface area contributed by atoms with Crippen molar-refractivity contribution < 1.29 is 8.81 Å². The van der Waals surface area contributed by atoms with E-state index in [4.69, 9.17) is 4.42 Å². The van der Waals surface area contributed by atoms with E-state index in [1.54, 1.807) is 0 Å². The van der Waals surface area contributed by atoms with Gasteiger partial charge in [0.25, 0.3) is 0 Å². The summed E-state index contributed by atoms with van der Waals surface area (Å²) in [6.07, 6.45) is 1.16. The van der Waals surface area contributed by atoms with E-state index in [2.05, 4.69) is 0 Å². The lowest BCUT2D eigenvalue weighted by Gasteiger charge is -2.16. The number of furan rings is 1. The Morgan fingerprint density at radius 1 is 1.45 bits per heavy atom. The van der Waals surface area contributed by atoms with Crippen LogP contribution in [-0.4, -0.2) is 0 Å². The Hall–Kier alpha value is -0.0600. The predicted molar refractivity (Wildman–Crippen MR) is 50.1 cm³/mol. The Bertz CT molecular complexity index is 240. The van der Waals surface area contributed by atoms with Gasteiger partial charge in [-0.3, -0.25) is 0 Å². The van der Waals surface area contributed by atoms with Gasteiger partial charge in [-0.25, -0.2) is 4.39 Å². The van der Waals surface area contributed by atoms with Gasteiger partial charge < -0.3 is 4.42 Å². The monoisotopic (exact) mass is 268 g/mol. The minimum atomic E-state index is -0.248. The molecule has 0 saturated heterocycles. The number of halogens is 2. The van der Waals surface area contributed by atoms with Crippen LogP contribution in [0, 0.1) is 9.58 Å². The van der Waals surface area contributed by atoms with Crippen molar-refractivity contribution in [3.63, 3.8) is 0 Å². The minimum Gasteiger partial charge on any atom is -0.455 e. The van der Waals surface area contributed by atoms with Gasteiger partial charge in [-0.05, 0) is 28.0 Å². The zero-order valence-electron chi connectivity index (χ0n) is 6.74. The largest absolute Gasteiger partial charge is 0.455 e. The molecule has 0 aliphatic rings. The molecule has 62 valence electrons. The zero-order valence-corrected chi connectivity index (χ0v) is 8.90. The van der Waals surface area contributed by atoms with Gasteiger partial charge in [0.1, 0.15) is 6.26 Å². The lowest BCUT2D eigenvalue weighted by Crippen LogP contribution is -2.13. The molecule has 0 unspecified atom stereocenters. The molecule has 0 N–H and O–H groups in total. The number of hydrogen-bond donors (Lipinski definition) is 0. The first-order chi connectivity index (χ1) is 4.93. The molecule has 0 atom stereocenters. The highest BCUT2D eigenvalue weighted by Gasteiger charge is 2.24. The van der Waals surface area contributed by atoms with E-state index >= 15 is 0 Å². The molecule has 0 spiro atoms. The van der Waals surface area contributed by atoms with Gasteiger partial charge in [0, 0.05) is 5.56 Å². The van der Waals surface area contributed by atoms with Crippen LogP contribution in [-0.2, 0) is 5.41 Å². The SMILES string of the molecule is CC(C)(C)c1c(F)coc1I. The van der Waals surface area contributed by atoms with Crippen LogP contribution in [0.2, 0.25) is 0 Å². The molecule has 1 rings (SSSR count). The van der Waals surface area contributed by atoms with Crippen LogP contribution < -0.4 is 0 Å². The third-order valence-electron chi connectivity index (χ3n) is 1.45. The Kier molecular flexibility index (Phi) is 2.27. The van der Waals surface area contributed by atoms with Gasteiger partial charge in [-0.1, -0.05) is 20.8 Å². The molecule has 11 heavy (non-hydrogen) atoms. The van der Waals surface area contributed by atoms with Gasteiger partial charge in [0.2, 0.25) is 0 Å². The van der Waals surface area contributed by atoms with E-state index in [0.717, 1.165) is 6.26 Å². The van der Waals surface area contributed by atoms with Crippen LogP contribution in [0.15, 0.2) is 10.7 Å². The van der Waals surface area contributed by atoms with Gasteiger partial charge >= 0.3 is 0 Å². The quantitative estimate of drug-likeness (QED) is 0.658. The summed E-state index contributed by atoms with van der Waals surface area (Å²) in [5.41, 5.74) is 0.492. The molecule has 0 saturated carbocycles. The molecule has 0 aliphatic heterocycles. The summed E-state index contributed by atoms with van der Waals surface area (Å²) < 4.78 is 18.6. The Labute approximate surface area is 79.1 Å². The molecule has 1 aromatic rings. The normalized spacial score (nSPS) is 12.1. The standard InChI is InChI=1S/C8H10FIO/c1-8(2,3)6-5(9)4-11-7(6)10/h4H,1-3H3. The molecule has 0 bridgehead atoms. The van der Waals surface area contributed by atoms with Crippen molar-refractivity contribution in [3.05, 3.63) is 21.4 Å². The fraction of sp³-hybridized carbons (Fsp3) is 0.500. The third-order valence-corrected chi connectivity index (χ3v) is 2.24. The second-order valence-corrected chi connectivity index (χ2v) is 4.46. The number of rotatable bonds is 0. The van der Waals surface area contributed by atoms with Crippen LogP contribution in [0.1, 0.15) is 26.3 Å². The van der Waals surface area contributed by atoms with Crippen molar-refractivity contribution in [1.82, 2.24) is 0 Å². The average Bonchev–Trinajstić information content (AvgIpc) is 2.08. The summed E-state index contributed by atoms with van der Waals surface area (Å²) >= 11 is 2.00. The highest BCUT2D eigenvalue weighted by molar-refractivity contribution is 14.1. The molecule has 0 radical (unpaired) electrons. The first-order valence-corrected chi connectivity index (χ1v) is 4.44. The average molecular weight is 268 g/mol. The van der Waals surface area contributed by atoms with Crippen LogP contribution in [0.5, 0.6) is 0 Å². The summed E-state index contributed by atoms with van der Waals surface area (Å²) in [6.45, 7) is 5.88. The van der Waals surface area contributed by atoms with Crippen molar-refractivity contribution in [3.8, 4) is 0 Å². The lowest BCUT2D eigenvalue weighted by molar-refractivity contribution is 0.509. The highest BCUT2D eigenvalue weighted by Crippen LogP contribution is 2.30. The van der Waals surface area contributed by atoms with E-state index in [9.17, 15) is 4.39 Å². The van der Waals surface area contributed by atoms with E-state index in [1.165, 1.54) is 0 Å². The molecular weight excluding hydrogens is 258 g/mol. The number of hydrogen-bond acceptors (Lipinski definition) is 1. The second-order valence-electron chi connectivity index (χ2n) is 3.48. The van der Waals surface area contributed by atoms with Crippen molar-refractivity contribution >= 4 is 22.6 Å². The van der Waals surface area contributed by atoms with Crippen LogP contribution in [0.3, 0.4) is 0 Å². The molecule has 1 heterocycles. The second kappa shape index (κ2) is 2.77. The summed E-state index contributed by atoms with van der Waals surface area (Å²) in [6, 6.07) is 0. The molecule has 1 aromatic heterocycles. The summed E-state index contributed by atoms with van der Waals surface area (Å²) in [5, 5.41) is 0. The van der Waals surface area contributed by atoms with Crippen LogP contribution in [0.25, 0.3) is 0 Å². The van der Waals surface area contributed by atoms with E-state index in [0.29, 0.717) is 9.33 Å². The maximum atomic E-state index is 13.0. The fourth-order valence-electron chi connectivity index (χ4n) is 0.968. The van der Waals surface area contributed by atoms with Crippen molar-refractivity contribution in [2.24, 2.45) is 0 Å². The molecule has 0 amide bonds. The van der Waals surface area contributed by atoms with Gasteiger partial charge in [0.15, 0.2) is 9.58 Å². The van der Waals surface area contributed by atoms with Crippen LogP contribution in [0.4, 0.5) is 4.39 Å². The van der Waals surface area contributed by atoms with E-state index < -0.39 is 0 Å². The molecule has 1 nitrogen and oxygen atoms in total. The fourth-order valence-corrected chi connectivity index (χ4v) is 2.16. The molecule has 0 aliphatic carbocycles. The maximum absolute atomic E-state index is 13.0. The van der Waals surface area contributed by atoms with E-state index in [1.807, 2.05) is 43.4 Å². The Morgan fingerprint density at radius 2 is 2.00 bits per heavy atom. The summed E-state index contributed by atoms with van der Waals surface area (Å²) in [4.78, 5) is 0.